The number of aliphatic hydroxyl groups excluding tert-OH is 2. The van der Waals surface area contributed by atoms with E-state index in [0.29, 0.717) is 17.5 Å². The molecular weight excluding hydrogens is 1030 g/mol. The van der Waals surface area contributed by atoms with Gasteiger partial charge in [0, 0.05) is 12.8 Å². The normalized spacial score (nSPS) is 15.5. The maximum Gasteiger partial charge on any atom is 0.326 e. The molecule has 9 amide bonds. The number of aliphatic carboxylic acids is 1. The number of aromatic hydroxyl groups is 1. The number of carbonyl (C=O) groups excluding carboxylic acids is 9. The van der Waals surface area contributed by atoms with Gasteiger partial charge in [0.15, 0.2) is 0 Å². The molecule has 0 aromatic heterocycles. The standard InChI is InChI=1S/C54H85N11O14/c1-28(2)22-37(59-49(73)40(62-52(76)44(57)31(7)66)26-34-17-19-35(68)20-18-34)47(71)58-36(16-12-13-21-55)46(70)65-45(32(8)67)53(77)63-41(27-43(56)69)51(75)60-38(23-29(3)4)48(72)61-39(25-33-14-10-9-11-15-33)50(74)64-42(54(78)79)24-30(5)6/h9-11,14-15,17-20,28-32,36-42,44-45,66-68H,12-13,16,21-27,55,57H2,1-8H3,(H2,56,69)(H,58,71)(H,59,73)(H,60,75)(H,61,72)(H,62,76)(H,63,77)(H,64,74)(H,65,70)(H,78,79)/t31-,32-,36+,37+,38+,39+,40+,41+,42+,44+,45+/m1/s1. The fourth-order valence-corrected chi connectivity index (χ4v) is 8.18. The summed E-state index contributed by atoms with van der Waals surface area (Å²) in [6, 6.07) is 1.21. The molecule has 0 fully saturated rings. The third-order valence-corrected chi connectivity index (χ3v) is 12.4. The summed E-state index contributed by atoms with van der Waals surface area (Å²) in [5.41, 5.74) is 18.2. The predicted molar refractivity (Wildman–Crippen MR) is 291 cm³/mol. The Morgan fingerprint density at radius 1 is 0.468 bits per heavy atom. The Bertz CT molecular complexity index is 2340. The summed E-state index contributed by atoms with van der Waals surface area (Å²) in [7, 11) is 0. The van der Waals surface area contributed by atoms with Crippen molar-refractivity contribution in [2.24, 2.45) is 35.0 Å². The van der Waals surface area contributed by atoms with E-state index in [4.69, 9.17) is 17.2 Å². The van der Waals surface area contributed by atoms with Crippen molar-refractivity contribution in [1.82, 2.24) is 42.5 Å². The number of carbonyl (C=O) groups is 10. The lowest BCUT2D eigenvalue weighted by Gasteiger charge is -2.29. The SMILES string of the molecule is CC(C)C[C@H](NC(=O)[C@H](Cc1ccccc1)NC(=O)[C@H](CC(C)C)NC(=O)[C@H](CC(N)=O)NC(=O)[C@@H](NC(=O)[C@H](CCCCN)NC(=O)[C@H](CC(C)C)NC(=O)[C@H](Cc1ccc(O)cc1)NC(=O)[C@@H](N)[C@@H](C)O)[C@@H](C)O)C(=O)O. The van der Waals surface area contributed by atoms with Gasteiger partial charge in [-0.15, -0.1) is 0 Å². The average molecular weight is 1110 g/mol. The molecule has 18 N–H and O–H groups in total. The maximum atomic E-state index is 14.2. The minimum Gasteiger partial charge on any atom is -0.508 e. The van der Waals surface area contributed by atoms with Crippen LogP contribution in [0.4, 0.5) is 0 Å². The lowest BCUT2D eigenvalue weighted by atomic mass is 9.99. The fourth-order valence-electron chi connectivity index (χ4n) is 8.18. The zero-order valence-electron chi connectivity index (χ0n) is 46.5. The highest BCUT2D eigenvalue weighted by Gasteiger charge is 2.37. The van der Waals surface area contributed by atoms with Crippen molar-refractivity contribution in [3.05, 3.63) is 65.7 Å². The van der Waals surface area contributed by atoms with Crippen molar-refractivity contribution in [2.45, 2.75) is 180 Å². The van der Waals surface area contributed by atoms with E-state index < -0.39 is 132 Å². The second-order valence-electron chi connectivity index (χ2n) is 21.2. The van der Waals surface area contributed by atoms with Gasteiger partial charge >= 0.3 is 5.97 Å². The Kier molecular flexibility index (Phi) is 29.2. The van der Waals surface area contributed by atoms with Crippen LogP contribution in [-0.2, 0) is 60.8 Å². The maximum absolute atomic E-state index is 14.2. The van der Waals surface area contributed by atoms with Crippen LogP contribution in [0.15, 0.2) is 54.6 Å². The summed E-state index contributed by atoms with van der Waals surface area (Å²) in [6.45, 7) is 13.2. The molecule has 11 atom stereocenters. The number of aliphatic hydroxyl groups is 2. The molecule has 0 heterocycles. The number of rotatable bonds is 35. The van der Waals surface area contributed by atoms with Gasteiger partial charge in [-0.25, -0.2) is 4.79 Å². The predicted octanol–water partition coefficient (Wildman–Crippen LogP) is -1.63. The summed E-state index contributed by atoms with van der Waals surface area (Å²) in [4.78, 5) is 136. The first-order valence-corrected chi connectivity index (χ1v) is 26.6. The fraction of sp³-hybridized carbons (Fsp3) is 0.593. The minimum atomic E-state index is -1.84. The quantitative estimate of drug-likeness (QED) is 0.0345. The van der Waals surface area contributed by atoms with Crippen LogP contribution in [0, 0.1) is 17.8 Å². The van der Waals surface area contributed by atoms with Gasteiger partial charge < -0.3 is 80.2 Å². The van der Waals surface area contributed by atoms with Gasteiger partial charge in [0.2, 0.25) is 53.2 Å². The van der Waals surface area contributed by atoms with Crippen LogP contribution < -0.4 is 59.7 Å². The number of carboxylic acid groups (broad SMARTS) is 1. The van der Waals surface area contributed by atoms with Crippen LogP contribution >= 0.6 is 0 Å². The number of phenolic OH excluding ortho intramolecular Hbond substituents is 1. The van der Waals surface area contributed by atoms with Gasteiger partial charge in [0.1, 0.15) is 60.1 Å². The summed E-state index contributed by atoms with van der Waals surface area (Å²) < 4.78 is 0. The second-order valence-corrected chi connectivity index (χ2v) is 21.2. The second kappa shape index (κ2) is 33.9. The summed E-state index contributed by atoms with van der Waals surface area (Å²) in [6.07, 6.45) is -3.28. The lowest BCUT2D eigenvalue weighted by Crippen LogP contribution is -2.62. The van der Waals surface area contributed by atoms with E-state index in [1.54, 1.807) is 71.9 Å². The van der Waals surface area contributed by atoms with Crippen molar-refractivity contribution in [3.8, 4) is 5.75 Å². The molecular formula is C54H85N11O14. The molecule has 2 aromatic rings. The molecule has 0 bridgehead atoms. The number of primary amides is 1. The van der Waals surface area contributed by atoms with Crippen molar-refractivity contribution >= 4 is 59.1 Å². The summed E-state index contributed by atoms with van der Waals surface area (Å²) in [5, 5.41) is 60.7. The zero-order chi connectivity index (χ0) is 59.7. The van der Waals surface area contributed by atoms with Gasteiger partial charge in [0.25, 0.3) is 0 Å². The number of benzene rings is 2. The Morgan fingerprint density at radius 2 is 0.861 bits per heavy atom. The van der Waals surface area contributed by atoms with E-state index in [9.17, 15) is 68.4 Å². The molecule has 2 aromatic carbocycles. The highest BCUT2D eigenvalue weighted by Crippen LogP contribution is 2.15. The number of hydrogen-bond acceptors (Lipinski definition) is 15. The molecule has 0 saturated carbocycles. The highest BCUT2D eigenvalue weighted by atomic mass is 16.4. The average Bonchev–Trinajstić information content (AvgIpc) is 3.36. The molecule has 0 unspecified atom stereocenters. The van der Waals surface area contributed by atoms with E-state index >= 15 is 0 Å². The van der Waals surface area contributed by atoms with Crippen molar-refractivity contribution < 1.29 is 68.4 Å². The van der Waals surface area contributed by atoms with Gasteiger partial charge in [-0.2, -0.15) is 0 Å². The van der Waals surface area contributed by atoms with Crippen LogP contribution in [-0.4, -0.2) is 153 Å². The third kappa shape index (κ3) is 25.0. The number of unbranched alkanes of at least 4 members (excludes halogenated alkanes) is 1. The molecule has 0 aliphatic heterocycles. The van der Waals surface area contributed by atoms with Gasteiger partial charge in [-0.3, -0.25) is 43.2 Å². The number of phenols is 1. The monoisotopic (exact) mass is 1110 g/mol. The Balaban J connectivity index is 2.43. The number of nitrogens with one attached hydrogen (secondary N) is 8. The zero-order valence-corrected chi connectivity index (χ0v) is 46.5. The first-order valence-electron chi connectivity index (χ1n) is 26.6. The van der Waals surface area contributed by atoms with E-state index in [0.717, 1.165) is 6.92 Å². The first-order chi connectivity index (χ1) is 37.0. The number of carboxylic acids is 1. The molecule has 79 heavy (non-hydrogen) atoms. The number of nitrogens with two attached hydrogens (primary N) is 3. The summed E-state index contributed by atoms with van der Waals surface area (Å²) >= 11 is 0. The molecule has 25 nitrogen and oxygen atoms in total. The molecule has 2 rings (SSSR count). The smallest absolute Gasteiger partial charge is 0.326 e. The van der Waals surface area contributed by atoms with E-state index in [1.807, 2.05) is 0 Å². The topological polar surface area (TPSA) is 426 Å². The van der Waals surface area contributed by atoms with Crippen LogP contribution in [0.2, 0.25) is 0 Å². The van der Waals surface area contributed by atoms with Gasteiger partial charge in [0.05, 0.1) is 18.6 Å². The van der Waals surface area contributed by atoms with Crippen LogP contribution in [0.3, 0.4) is 0 Å². The number of hydrogen-bond donors (Lipinski definition) is 15. The minimum absolute atomic E-state index is 0.0265. The van der Waals surface area contributed by atoms with Crippen LogP contribution in [0.1, 0.15) is 111 Å². The molecule has 0 aliphatic carbocycles. The Morgan fingerprint density at radius 3 is 1.30 bits per heavy atom. The molecule has 0 saturated heterocycles. The highest BCUT2D eigenvalue weighted by molar-refractivity contribution is 5.99. The van der Waals surface area contributed by atoms with Crippen LogP contribution in [0.5, 0.6) is 5.75 Å². The molecule has 0 spiro atoms. The van der Waals surface area contributed by atoms with Crippen molar-refractivity contribution in [3.63, 3.8) is 0 Å². The van der Waals surface area contributed by atoms with E-state index in [1.165, 1.54) is 31.2 Å². The van der Waals surface area contributed by atoms with Gasteiger partial charge in [-0.05, 0) is 99.9 Å². The first kappa shape index (κ1) is 67.9. The largest absolute Gasteiger partial charge is 0.508 e. The molecule has 0 aliphatic rings. The number of amides is 9. The molecule has 440 valence electrons. The van der Waals surface area contributed by atoms with Crippen molar-refractivity contribution in [2.75, 3.05) is 6.54 Å². The third-order valence-electron chi connectivity index (χ3n) is 12.4. The van der Waals surface area contributed by atoms with E-state index in [-0.39, 0.29) is 75.0 Å². The Labute approximate surface area is 461 Å². The van der Waals surface area contributed by atoms with Crippen LogP contribution in [0.25, 0.3) is 0 Å². The lowest BCUT2D eigenvalue weighted by molar-refractivity contribution is -0.142. The Hall–Kier alpha value is -7.22. The summed E-state index contributed by atoms with van der Waals surface area (Å²) in [5.74, 6) is -10.5. The molecule has 0 radical (unpaired) electrons. The van der Waals surface area contributed by atoms with E-state index in [2.05, 4.69) is 42.5 Å². The molecule has 25 heteroatoms. The van der Waals surface area contributed by atoms with Gasteiger partial charge in [-0.1, -0.05) is 84.0 Å². The van der Waals surface area contributed by atoms with Crippen molar-refractivity contribution in [1.29, 1.82) is 0 Å².